The quantitative estimate of drug-likeness (QED) is 0.0334. The first-order chi connectivity index (χ1) is 24.0. The number of unbranched alkanes of at least 4 members (excludes halogenated alkanes) is 26. The normalized spacial score (nSPS) is 11.6. The standard InChI is InChI=1S/C42H85N5O2.ClH/c1-4-7-10-13-14-15-16-17-18-19-20-21-22-23-24-25-26-27-30-35-40(48)46-39(34-33-36-45-42(43)44)41(49)47(37-31-28-11-8-5-2)38-32-29-12-9-6-3;/h39H,4-38H2,1-3H3,(H,46,48)(H4,43,44,45);1H. The summed E-state index contributed by atoms with van der Waals surface area (Å²) in [5.74, 6) is 0.132. The molecule has 0 radical (unpaired) electrons. The van der Waals surface area contributed by atoms with Crippen molar-refractivity contribution in [2.24, 2.45) is 16.5 Å². The highest BCUT2D eigenvalue weighted by Gasteiger charge is 2.25. The molecule has 0 aliphatic heterocycles. The number of carbonyl (C=O) groups is 2. The first kappa shape index (κ1) is 50.6. The van der Waals surface area contributed by atoms with Crippen molar-refractivity contribution in [1.29, 1.82) is 0 Å². The fraction of sp³-hybridized carbons (Fsp3) is 0.929. The van der Waals surface area contributed by atoms with Gasteiger partial charge >= 0.3 is 0 Å². The number of rotatable bonds is 38. The molecule has 0 fully saturated rings. The summed E-state index contributed by atoms with van der Waals surface area (Å²) in [7, 11) is 0. The molecule has 0 rings (SSSR count). The van der Waals surface area contributed by atoms with E-state index in [4.69, 9.17) is 11.5 Å². The van der Waals surface area contributed by atoms with Crippen molar-refractivity contribution < 1.29 is 9.59 Å². The molecule has 298 valence electrons. The number of hydrogen-bond donors (Lipinski definition) is 3. The van der Waals surface area contributed by atoms with E-state index < -0.39 is 6.04 Å². The maximum absolute atomic E-state index is 13.8. The van der Waals surface area contributed by atoms with E-state index in [0.29, 0.717) is 25.8 Å². The first-order valence-electron chi connectivity index (χ1n) is 21.6. The number of nitrogens with one attached hydrogen (secondary N) is 1. The van der Waals surface area contributed by atoms with Gasteiger partial charge in [0.25, 0.3) is 0 Å². The summed E-state index contributed by atoms with van der Waals surface area (Å²) >= 11 is 0. The molecule has 2 amide bonds. The molecule has 0 bridgehead atoms. The summed E-state index contributed by atoms with van der Waals surface area (Å²) in [6.45, 7) is 8.75. The lowest BCUT2D eigenvalue weighted by Crippen LogP contribution is -2.49. The minimum Gasteiger partial charge on any atom is -0.370 e. The van der Waals surface area contributed by atoms with Gasteiger partial charge in [0.1, 0.15) is 6.04 Å². The molecule has 0 saturated carbocycles. The summed E-state index contributed by atoms with van der Waals surface area (Å²) in [6, 6.07) is -0.506. The molecule has 1 unspecified atom stereocenters. The van der Waals surface area contributed by atoms with Crippen LogP contribution in [0.15, 0.2) is 4.99 Å². The topological polar surface area (TPSA) is 114 Å². The van der Waals surface area contributed by atoms with Crippen LogP contribution in [0.5, 0.6) is 0 Å². The molecule has 0 aromatic rings. The van der Waals surface area contributed by atoms with Crippen LogP contribution in [0, 0.1) is 0 Å². The fourth-order valence-corrected chi connectivity index (χ4v) is 6.76. The van der Waals surface area contributed by atoms with Crippen molar-refractivity contribution in [2.45, 2.75) is 232 Å². The van der Waals surface area contributed by atoms with Crippen molar-refractivity contribution in [3.05, 3.63) is 0 Å². The van der Waals surface area contributed by atoms with Crippen LogP contribution < -0.4 is 16.8 Å². The Balaban J connectivity index is 0. The lowest BCUT2D eigenvalue weighted by atomic mass is 10.0. The van der Waals surface area contributed by atoms with E-state index in [2.05, 4.69) is 31.1 Å². The highest BCUT2D eigenvalue weighted by Crippen LogP contribution is 2.16. The van der Waals surface area contributed by atoms with Gasteiger partial charge in [-0.25, -0.2) is 0 Å². The van der Waals surface area contributed by atoms with E-state index in [1.165, 1.54) is 148 Å². The number of amides is 2. The largest absolute Gasteiger partial charge is 0.370 e. The van der Waals surface area contributed by atoms with Crippen LogP contribution in [-0.2, 0) is 9.59 Å². The predicted octanol–water partition coefficient (Wildman–Crippen LogP) is 11.5. The van der Waals surface area contributed by atoms with Gasteiger partial charge in [0.15, 0.2) is 5.96 Å². The third-order valence-electron chi connectivity index (χ3n) is 9.96. The Morgan fingerprint density at radius 2 is 0.860 bits per heavy atom. The molecule has 0 aromatic heterocycles. The smallest absolute Gasteiger partial charge is 0.245 e. The molecule has 8 heteroatoms. The van der Waals surface area contributed by atoms with Gasteiger partial charge in [-0.15, -0.1) is 12.4 Å². The first-order valence-corrected chi connectivity index (χ1v) is 21.6. The third kappa shape index (κ3) is 34.9. The van der Waals surface area contributed by atoms with Gasteiger partial charge in [-0.1, -0.05) is 188 Å². The van der Waals surface area contributed by atoms with Crippen LogP contribution in [0.4, 0.5) is 0 Å². The summed E-state index contributed by atoms with van der Waals surface area (Å²) in [4.78, 5) is 33.0. The number of nitrogens with zero attached hydrogens (tertiary/aromatic N) is 2. The second-order valence-electron chi connectivity index (χ2n) is 14.8. The van der Waals surface area contributed by atoms with Gasteiger partial charge in [-0.2, -0.15) is 0 Å². The molecule has 0 aromatic carbocycles. The van der Waals surface area contributed by atoms with E-state index >= 15 is 0 Å². The van der Waals surface area contributed by atoms with Gasteiger partial charge in [0, 0.05) is 26.1 Å². The van der Waals surface area contributed by atoms with Gasteiger partial charge < -0.3 is 21.7 Å². The zero-order valence-electron chi connectivity index (χ0n) is 33.6. The van der Waals surface area contributed by atoms with E-state index in [-0.39, 0.29) is 30.2 Å². The molecule has 0 heterocycles. The van der Waals surface area contributed by atoms with Crippen LogP contribution in [0.1, 0.15) is 226 Å². The number of guanidine groups is 1. The zero-order chi connectivity index (χ0) is 36.0. The summed E-state index contributed by atoms with van der Waals surface area (Å²) in [6.07, 6.45) is 38.8. The van der Waals surface area contributed by atoms with Gasteiger partial charge in [0.05, 0.1) is 0 Å². The maximum atomic E-state index is 13.8. The zero-order valence-corrected chi connectivity index (χ0v) is 34.4. The van der Waals surface area contributed by atoms with Crippen molar-refractivity contribution in [3.8, 4) is 0 Å². The Bertz CT molecular complexity index is 748. The SMILES string of the molecule is CCCCCCCCCCCCCCCCCCCCCC(=O)NC(CCCN=C(N)N)C(=O)N(CCCCCCC)CCCCCCC.Cl. The van der Waals surface area contributed by atoms with Crippen LogP contribution >= 0.6 is 12.4 Å². The summed E-state index contributed by atoms with van der Waals surface area (Å²) in [5, 5.41) is 3.12. The predicted molar refractivity (Wildman–Crippen MR) is 221 cm³/mol. The lowest BCUT2D eigenvalue weighted by Gasteiger charge is -2.28. The second kappa shape index (κ2) is 40.3. The average Bonchev–Trinajstić information content (AvgIpc) is 3.09. The van der Waals surface area contributed by atoms with E-state index in [0.717, 1.165) is 51.6 Å². The van der Waals surface area contributed by atoms with Crippen LogP contribution in [0.25, 0.3) is 0 Å². The van der Waals surface area contributed by atoms with Crippen LogP contribution in [-0.4, -0.2) is 48.3 Å². The third-order valence-corrected chi connectivity index (χ3v) is 9.96. The Hall–Kier alpha value is -1.50. The van der Waals surface area contributed by atoms with Crippen molar-refractivity contribution >= 4 is 30.2 Å². The highest BCUT2D eigenvalue weighted by molar-refractivity contribution is 5.87. The summed E-state index contributed by atoms with van der Waals surface area (Å²) < 4.78 is 0. The number of carbonyl (C=O) groups excluding carboxylic acids is 2. The van der Waals surface area contributed by atoms with E-state index in [1.807, 2.05) is 4.90 Å². The highest BCUT2D eigenvalue weighted by atomic mass is 35.5. The molecule has 0 spiro atoms. The van der Waals surface area contributed by atoms with Crippen LogP contribution in [0.3, 0.4) is 0 Å². The van der Waals surface area contributed by atoms with Crippen molar-refractivity contribution in [1.82, 2.24) is 10.2 Å². The van der Waals surface area contributed by atoms with E-state index in [1.54, 1.807) is 0 Å². The molecule has 1 atom stereocenters. The fourth-order valence-electron chi connectivity index (χ4n) is 6.76. The van der Waals surface area contributed by atoms with E-state index in [9.17, 15) is 9.59 Å². The molecule has 0 aliphatic carbocycles. The monoisotopic (exact) mass is 728 g/mol. The number of nitrogens with two attached hydrogens (primary N) is 2. The summed E-state index contributed by atoms with van der Waals surface area (Å²) in [5.41, 5.74) is 11.0. The number of halogens is 1. The minimum atomic E-state index is -0.506. The van der Waals surface area contributed by atoms with Crippen molar-refractivity contribution in [2.75, 3.05) is 19.6 Å². The Labute approximate surface area is 317 Å². The number of aliphatic imine (C=N–C) groups is 1. The number of hydrogen-bond acceptors (Lipinski definition) is 3. The lowest BCUT2D eigenvalue weighted by molar-refractivity contribution is -0.137. The molecule has 0 aliphatic rings. The second-order valence-corrected chi connectivity index (χ2v) is 14.8. The molecule has 7 nitrogen and oxygen atoms in total. The van der Waals surface area contributed by atoms with Crippen molar-refractivity contribution in [3.63, 3.8) is 0 Å². The molecule has 50 heavy (non-hydrogen) atoms. The Morgan fingerprint density at radius 1 is 0.520 bits per heavy atom. The Morgan fingerprint density at radius 3 is 1.22 bits per heavy atom. The molecular formula is C42H86ClN5O2. The molecular weight excluding hydrogens is 642 g/mol. The Kier molecular flexibility index (Phi) is 40.8. The molecule has 5 N–H and O–H groups in total. The van der Waals surface area contributed by atoms with Gasteiger partial charge in [-0.3, -0.25) is 14.6 Å². The van der Waals surface area contributed by atoms with Gasteiger partial charge in [-0.05, 0) is 32.1 Å². The maximum Gasteiger partial charge on any atom is 0.245 e. The van der Waals surface area contributed by atoms with Gasteiger partial charge in [0.2, 0.25) is 11.8 Å². The van der Waals surface area contributed by atoms with Crippen LogP contribution in [0.2, 0.25) is 0 Å². The molecule has 0 saturated heterocycles. The minimum absolute atomic E-state index is 0. The average molecular weight is 729 g/mol.